The Kier molecular flexibility index (Phi) is 1.88. The topological polar surface area (TPSA) is 55.5 Å². The third kappa shape index (κ3) is 1.79. The minimum Gasteiger partial charge on any atom is -0.508 e. The number of nitrogens with zero attached hydrogens (tertiary/aromatic N) is 1. The summed E-state index contributed by atoms with van der Waals surface area (Å²) < 4.78 is 10.0. The summed E-state index contributed by atoms with van der Waals surface area (Å²) in [6, 6.07) is 6.41. The van der Waals surface area contributed by atoms with Crippen molar-refractivity contribution in [2.24, 2.45) is 0 Å². The molecule has 0 radical (unpaired) electrons. The SMILES string of the molecule is Oc1cccc(Oc2ncco2)c1. The summed E-state index contributed by atoms with van der Waals surface area (Å²) in [6.45, 7) is 0. The molecule has 1 heterocycles. The van der Waals surface area contributed by atoms with Gasteiger partial charge in [-0.15, -0.1) is 0 Å². The van der Waals surface area contributed by atoms with E-state index in [0.29, 0.717) is 5.75 Å². The number of aromatic hydroxyl groups is 1. The second kappa shape index (κ2) is 3.18. The fraction of sp³-hybridized carbons (Fsp3) is 0. The van der Waals surface area contributed by atoms with Crippen LogP contribution in [0.2, 0.25) is 0 Å². The molecule has 0 atom stereocenters. The number of benzene rings is 1. The van der Waals surface area contributed by atoms with Gasteiger partial charge in [-0.2, -0.15) is 4.98 Å². The average molecular weight is 177 g/mol. The summed E-state index contributed by atoms with van der Waals surface area (Å²) in [5.74, 6) is 0.631. The molecule has 0 aliphatic heterocycles. The lowest BCUT2D eigenvalue weighted by Crippen LogP contribution is -1.82. The molecule has 2 rings (SSSR count). The summed E-state index contributed by atoms with van der Waals surface area (Å²) in [7, 11) is 0. The minimum atomic E-state index is 0.143. The molecule has 2 aromatic rings. The predicted molar refractivity (Wildman–Crippen MR) is 44.7 cm³/mol. The summed E-state index contributed by atoms with van der Waals surface area (Å²) in [5, 5.41) is 9.11. The maximum Gasteiger partial charge on any atom is 0.399 e. The van der Waals surface area contributed by atoms with Gasteiger partial charge in [0, 0.05) is 6.07 Å². The molecule has 1 N–H and O–H groups in total. The first-order chi connectivity index (χ1) is 6.34. The van der Waals surface area contributed by atoms with Crippen molar-refractivity contribution in [2.75, 3.05) is 0 Å². The molecule has 0 amide bonds. The van der Waals surface area contributed by atoms with E-state index in [-0.39, 0.29) is 11.8 Å². The van der Waals surface area contributed by atoms with Gasteiger partial charge in [-0.3, -0.25) is 0 Å². The second-order valence-corrected chi connectivity index (χ2v) is 2.40. The van der Waals surface area contributed by atoms with Crippen molar-refractivity contribution >= 4 is 0 Å². The fourth-order valence-electron chi connectivity index (χ4n) is 0.909. The van der Waals surface area contributed by atoms with E-state index in [4.69, 9.17) is 14.3 Å². The van der Waals surface area contributed by atoms with Crippen LogP contribution in [0.15, 0.2) is 41.1 Å². The van der Waals surface area contributed by atoms with Gasteiger partial charge >= 0.3 is 6.08 Å². The Balaban J connectivity index is 2.19. The van der Waals surface area contributed by atoms with E-state index in [0.717, 1.165) is 0 Å². The number of phenolic OH excluding ortho intramolecular Hbond substituents is 1. The lowest BCUT2D eigenvalue weighted by molar-refractivity contribution is 0.329. The highest BCUT2D eigenvalue weighted by Crippen LogP contribution is 2.22. The third-order valence-corrected chi connectivity index (χ3v) is 1.43. The molecule has 0 bridgehead atoms. The third-order valence-electron chi connectivity index (χ3n) is 1.43. The molecule has 0 aliphatic carbocycles. The second-order valence-electron chi connectivity index (χ2n) is 2.40. The average Bonchev–Trinajstić information content (AvgIpc) is 2.57. The zero-order valence-corrected chi connectivity index (χ0v) is 6.68. The van der Waals surface area contributed by atoms with Crippen LogP contribution in [0.4, 0.5) is 0 Å². The van der Waals surface area contributed by atoms with E-state index >= 15 is 0 Å². The van der Waals surface area contributed by atoms with Crippen molar-refractivity contribution in [2.45, 2.75) is 0 Å². The van der Waals surface area contributed by atoms with Crippen LogP contribution in [0.25, 0.3) is 0 Å². The number of hydrogen-bond donors (Lipinski definition) is 1. The van der Waals surface area contributed by atoms with Crippen LogP contribution in [-0.2, 0) is 0 Å². The van der Waals surface area contributed by atoms with Crippen LogP contribution >= 0.6 is 0 Å². The van der Waals surface area contributed by atoms with E-state index in [1.165, 1.54) is 18.5 Å². The van der Waals surface area contributed by atoms with Crippen molar-refractivity contribution in [1.82, 2.24) is 4.98 Å². The van der Waals surface area contributed by atoms with Gasteiger partial charge in [0.1, 0.15) is 17.8 Å². The van der Waals surface area contributed by atoms with Crippen molar-refractivity contribution in [3.05, 3.63) is 36.7 Å². The molecule has 13 heavy (non-hydrogen) atoms. The molecule has 0 saturated heterocycles. The van der Waals surface area contributed by atoms with Crippen molar-refractivity contribution < 1.29 is 14.3 Å². The van der Waals surface area contributed by atoms with Crippen LogP contribution in [0.3, 0.4) is 0 Å². The molecular weight excluding hydrogens is 170 g/mol. The van der Waals surface area contributed by atoms with Gasteiger partial charge < -0.3 is 14.3 Å². The molecule has 4 nitrogen and oxygen atoms in total. The first-order valence-electron chi connectivity index (χ1n) is 3.71. The van der Waals surface area contributed by atoms with Gasteiger partial charge in [-0.1, -0.05) is 6.07 Å². The number of aromatic nitrogens is 1. The number of hydrogen-bond acceptors (Lipinski definition) is 4. The zero-order valence-electron chi connectivity index (χ0n) is 6.68. The first kappa shape index (κ1) is 7.67. The molecule has 66 valence electrons. The summed E-state index contributed by atoms with van der Waals surface area (Å²) in [4.78, 5) is 3.77. The molecule has 0 saturated carbocycles. The van der Waals surface area contributed by atoms with Crippen molar-refractivity contribution in [3.63, 3.8) is 0 Å². The number of rotatable bonds is 2. The normalized spacial score (nSPS) is 9.85. The lowest BCUT2D eigenvalue weighted by Gasteiger charge is -1.99. The highest BCUT2D eigenvalue weighted by molar-refractivity contribution is 5.32. The van der Waals surface area contributed by atoms with Crippen LogP contribution in [0.1, 0.15) is 0 Å². The molecule has 0 fully saturated rings. The monoisotopic (exact) mass is 177 g/mol. The van der Waals surface area contributed by atoms with Gasteiger partial charge in [0.2, 0.25) is 0 Å². The molecule has 1 aromatic carbocycles. The van der Waals surface area contributed by atoms with Gasteiger partial charge in [-0.05, 0) is 12.1 Å². The molecular formula is C9H7NO3. The number of ether oxygens (including phenoxy) is 1. The van der Waals surface area contributed by atoms with Crippen molar-refractivity contribution in [3.8, 4) is 17.6 Å². The van der Waals surface area contributed by atoms with E-state index in [1.807, 2.05) is 0 Å². The smallest absolute Gasteiger partial charge is 0.399 e. The maximum absolute atomic E-state index is 9.11. The molecule has 4 heteroatoms. The van der Waals surface area contributed by atoms with Gasteiger partial charge in [0.05, 0.1) is 6.20 Å². The maximum atomic E-state index is 9.11. The highest BCUT2D eigenvalue weighted by atomic mass is 16.6. The Morgan fingerprint density at radius 1 is 1.38 bits per heavy atom. The fourth-order valence-corrected chi connectivity index (χ4v) is 0.909. The summed E-state index contributed by atoms with van der Waals surface area (Å²) in [5.41, 5.74) is 0. The van der Waals surface area contributed by atoms with E-state index in [1.54, 1.807) is 18.2 Å². The minimum absolute atomic E-state index is 0.143. The van der Waals surface area contributed by atoms with E-state index in [9.17, 15) is 0 Å². The Labute approximate surface area is 74.4 Å². The zero-order chi connectivity index (χ0) is 9.10. The first-order valence-corrected chi connectivity index (χ1v) is 3.71. The summed E-state index contributed by atoms with van der Waals surface area (Å²) in [6.07, 6.45) is 3.06. The largest absolute Gasteiger partial charge is 0.508 e. The van der Waals surface area contributed by atoms with Gasteiger partial charge in [0.15, 0.2) is 0 Å². The van der Waals surface area contributed by atoms with Gasteiger partial charge in [0.25, 0.3) is 0 Å². The molecule has 0 spiro atoms. The highest BCUT2D eigenvalue weighted by Gasteiger charge is 2.00. The van der Waals surface area contributed by atoms with E-state index < -0.39 is 0 Å². The van der Waals surface area contributed by atoms with Gasteiger partial charge in [-0.25, -0.2) is 0 Å². The van der Waals surface area contributed by atoms with E-state index in [2.05, 4.69) is 4.98 Å². The quantitative estimate of drug-likeness (QED) is 0.763. The molecule has 0 aliphatic rings. The van der Waals surface area contributed by atoms with Crippen molar-refractivity contribution in [1.29, 1.82) is 0 Å². The summed E-state index contributed by atoms with van der Waals surface area (Å²) >= 11 is 0. The Morgan fingerprint density at radius 3 is 3.00 bits per heavy atom. The van der Waals surface area contributed by atoms with Crippen LogP contribution in [-0.4, -0.2) is 10.1 Å². The van der Waals surface area contributed by atoms with Crippen LogP contribution in [0.5, 0.6) is 17.6 Å². The predicted octanol–water partition coefficient (Wildman–Crippen LogP) is 2.17. The van der Waals surface area contributed by atoms with Crippen LogP contribution in [0, 0.1) is 0 Å². The number of oxazole rings is 1. The Hall–Kier alpha value is -1.97. The molecule has 1 aromatic heterocycles. The Bertz CT molecular complexity index is 384. The van der Waals surface area contributed by atoms with Crippen LogP contribution < -0.4 is 4.74 Å². The molecule has 0 unspecified atom stereocenters. The lowest BCUT2D eigenvalue weighted by atomic mass is 10.3. The number of phenols is 1. The Morgan fingerprint density at radius 2 is 2.31 bits per heavy atom. The standard InChI is InChI=1S/C9H7NO3/c11-7-2-1-3-8(6-7)13-9-10-4-5-12-9/h1-6,11H.